The van der Waals surface area contributed by atoms with Crippen molar-refractivity contribution in [1.29, 1.82) is 0 Å². The summed E-state index contributed by atoms with van der Waals surface area (Å²) < 4.78 is 10.1. The van der Waals surface area contributed by atoms with Crippen molar-refractivity contribution in [3.8, 4) is 5.75 Å². The second-order valence-corrected chi connectivity index (χ2v) is 7.15. The number of carbonyl (C=O) groups is 4. The van der Waals surface area contributed by atoms with Crippen LogP contribution in [0.4, 0.5) is 5.69 Å². The Morgan fingerprint density at radius 3 is 2.76 bits per heavy atom. The first-order valence-electron chi connectivity index (χ1n) is 8.69. The van der Waals surface area contributed by atoms with Crippen molar-refractivity contribution in [1.82, 2.24) is 5.32 Å². The maximum atomic E-state index is 12.2. The van der Waals surface area contributed by atoms with E-state index in [0.29, 0.717) is 23.6 Å². The van der Waals surface area contributed by atoms with Gasteiger partial charge in [-0.15, -0.1) is 11.8 Å². The van der Waals surface area contributed by atoms with Gasteiger partial charge in [0.2, 0.25) is 5.91 Å². The van der Waals surface area contributed by atoms with Crippen LogP contribution < -0.4 is 15.4 Å². The molecule has 9 heteroatoms. The second kappa shape index (κ2) is 9.24. The van der Waals surface area contributed by atoms with Gasteiger partial charge in [0.1, 0.15) is 5.75 Å². The molecular formula is C20H18N2O6S. The number of nitrogens with one attached hydrogen (secondary N) is 2. The number of imide groups is 1. The van der Waals surface area contributed by atoms with Crippen molar-refractivity contribution in [3.05, 3.63) is 53.6 Å². The summed E-state index contributed by atoms with van der Waals surface area (Å²) in [6.07, 6.45) is 0.388. The Hall–Kier alpha value is -3.33. The molecule has 0 bridgehead atoms. The van der Waals surface area contributed by atoms with Crippen LogP contribution >= 0.6 is 11.8 Å². The van der Waals surface area contributed by atoms with Gasteiger partial charge in [0.25, 0.3) is 11.8 Å². The van der Waals surface area contributed by atoms with Gasteiger partial charge in [-0.1, -0.05) is 12.1 Å². The van der Waals surface area contributed by atoms with Gasteiger partial charge in [0.15, 0.2) is 6.61 Å². The summed E-state index contributed by atoms with van der Waals surface area (Å²) in [5, 5.41) is 4.88. The van der Waals surface area contributed by atoms with Gasteiger partial charge in [0, 0.05) is 17.1 Å². The number of esters is 1. The zero-order chi connectivity index (χ0) is 20.8. The average Bonchev–Trinajstić information content (AvgIpc) is 2.91. The Kier molecular flexibility index (Phi) is 6.50. The smallest absolute Gasteiger partial charge is 0.338 e. The van der Waals surface area contributed by atoms with Crippen LogP contribution in [0.5, 0.6) is 5.75 Å². The fraction of sp³-hybridized carbons (Fsp3) is 0.200. The Labute approximate surface area is 170 Å². The number of amides is 3. The van der Waals surface area contributed by atoms with Gasteiger partial charge in [-0.25, -0.2) is 4.79 Å². The standard InChI is InChI=1S/C20H18N2O6S/c1-27-15-5-3-2-4-13(15)19(25)22-18(24)11-28-20(26)12-6-7-16-14(10-12)21-17(23)8-9-29-16/h2-7,10H,8-9,11H2,1H3,(H,21,23)(H,22,24,25). The molecule has 2 aromatic rings. The highest BCUT2D eigenvalue weighted by Gasteiger charge is 2.19. The summed E-state index contributed by atoms with van der Waals surface area (Å²) >= 11 is 1.51. The van der Waals surface area contributed by atoms with Gasteiger partial charge in [-0.3, -0.25) is 19.7 Å². The van der Waals surface area contributed by atoms with Crippen molar-refractivity contribution in [2.24, 2.45) is 0 Å². The predicted octanol–water partition coefficient (Wildman–Crippen LogP) is 2.24. The Balaban J connectivity index is 1.58. The molecule has 0 aromatic heterocycles. The first-order valence-corrected chi connectivity index (χ1v) is 9.67. The van der Waals surface area contributed by atoms with E-state index in [1.54, 1.807) is 30.3 Å². The van der Waals surface area contributed by atoms with Gasteiger partial charge in [-0.2, -0.15) is 0 Å². The second-order valence-electron chi connectivity index (χ2n) is 6.01. The summed E-state index contributed by atoms with van der Waals surface area (Å²) in [6, 6.07) is 11.2. The Bertz CT molecular complexity index is 975. The fourth-order valence-corrected chi connectivity index (χ4v) is 3.56. The first-order chi connectivity index (χ1) is 14.0. The molecule has 0 fully saturated rings. The lowest BCUT2D eigenvalue weighted by atomic mass is 10.2. The zero-order valence-electron chi connectivity index (χ0n) is 15.5. The third-order valence-electron chi connectivity index (χ3n) is 4.01. The minimum absolute atomic E-state index is 0.129. The highest BCUT2D eigenvalue weighted by molar-refractivity contribution is 7.99. The number of thioether (sulfide) groups is 1. The van der Waals surface area contributed by atoms with Crippen LogP contribution in [0, 0.1) is 0 Å². The van der Waals surface area contributed by atoms with Gasteiger partial charge >= 0.3 is 5.97 Å². The van der Waals surface area contributed by atoms with Gasteiger partial charge in [-0.05, 0) is 30.3 Å². The molecule has 2 N–H and O–H groups in total. The molecule has 2 aromatic carbocycles. The monoisotopic (exact) mass is 414 g/mol. The van der Waals surface area contributed by atoms with Crippen LogP contribution in [0.1, 0.15) is 27.1 Å². The molecule has 3 rings (SSSR count). The number of methoxy groups -OCH3 is 1. The summed E-state index contributed by atoms with van der Waals surface area (Å²) in [5.74, 6) is -1.32. The third kappa shape index (κ3) is 5.14. The maximum Gasteiger partial charge on any atom is 0.338 e. The molecule has 0 saturated carbocycles. The number of fused-ring (bicyclic) bond motifs is 1. The number of rotatable bonds is 5. The molecule has 1 aliphatic heterocycles. The van der Waals surface area contributed by atoms with E-state index >= 15 is 0 Å². The molecule has 0 radical (unpaired) electrons. The van der Waals surface area contributed by atoms with E-state index in [1.165, 1.54) is 31.0 Å². The number of benzene rings is 2. The quantitative estimate of drug-likeness (QED) is 0.722. The van der Waals surface area contributed by atoms with Crippen LogP contribution in [0.25, 0.3) is 0 Å². The number of hydrogen-bond acceptors (Lipinski definition) is 7. The van der Waals surface area contributed by atoms with Crippen LogP contribution in [0.2, 0.25) is 0 Å². The molecule has 0 saturated heterocycles. The normalized spacial score (nSPS) is 12.8. The lowest BCUT2D eigenvalue weighted by Crippen LogP contribution is -2.34. The van der Waals surface area contributed by atoms with Crippen molar-refractivity contribution < 1.29 is 28.7 Å². The van der Waals surface area contributed by atoms with Crippen LogP contribution in [0.15, 0.2) is 47.4 Å². The van der Waals surface area contributed by atoms with Gasteiger partial charge in [0.05, 0.1) is 23.9 Å². The van der Waals surface area contributed by atoms with E-state index in [4.69, 9.17) is 9.47 Å². The lowest BCUT2D eigenvalue weighted by Gasteiger charge is -2.10. The number of ether oxygens (including phenoxy) is 2. The molecule has 150 valence electrons. The molecule has 0 aliphatic carbocycles. The minimum Gasteiger partial charge on any atom is -0.496 e. The van der Waals surface area contributed by atoms with Crippen molar-refractivity contribution in [2.75, 3.05) is 24.8 Å². The Morgan fingerprint density at radius 1 is 1.17 bits per heavy atom. The molecular weight excluding hydrogens is 396 g/mol. The van der Waals surface area contributed by atoms with Gasteiger partial charge < -0.3 is 14.8 Å². The largest absolute Gasteiger partial charge is 0.496 e. The molecule has 0 atom stereocenters. The molecule has 29 heavy (non-hydrogen) atoms. The topological polar surface area (TPSA) is 111 Å². The van der Waals surface area contributed by atoms with Crippen molar-refractivity contribution in [3.63, 3.8) is 0 Å². The third-order valence-corrected chi connectivity index (χ3v) is 5.09. The Morgan fingerprint density at radius 2 is 1.97 bits per heavy atom. The van der Waals surface area contributed by atoms with E-state index in [2.05, 4.69) is 10.6 Å². The highest BCUT2D eigenvalue weighted by Crippen LogP contribution is 2.31. The van der Waals surface area contributed by atoms with E-state index < -0.39 is 24.4 Å². The molecule has 3 amide bonds. The summed E-state index contributed by atoms with van der Waals surface area (Å²) in [5.41, 5.74) is 0.909. The van der Waals surface area contributed by atoms with E-state index in [-0.39, 0.29) is 17.0 Å². The molecule has 0 unspecified atom stereocenters. The fourth-order valence-electron chi connectivity index (χ4n) is 2.62. The molecule has 8 nitrogen and oxygen atoms in total. The van der Waals surface area contributed by atoms with Crippen LogP contribution in [-0.4, -0.2) is 43.2 Å². The summed E-state index contributed by atoms with van der Waals surface area (Å²) in [4.78, 5) is 48.9. The summed E-state index contributed by atoms with van der Waals surface area (Å²) in [6.45, 7) is -0.627. The average molecular weight is 414 g/mol. The SMILES string of the molecule is COc1ccccc1C(=O)NC(=O)COC(=O)c1ccc2c(c1)NC(=O)CCS2. The number of anilines is 1. The number of hydrogen-bond donors (Lipinski definition) is 2. The van der Waals surface area contributed by atoms with E-state index in [0.717, 1.165) is 4.90 Å². The van der Waals surface area contributed by atoms with E-state index in [9.17, 15) is 19.2 Å². The predicted molar refractivity (Wildman–Crippen MR) is 106 cm³/mol. The zero-order valence-corrected chi connectivity index (χ0v) is 16.3. The number of para-hydroxylation sites is 1. The first kappa shape index (κ1) is 20.4. The number of carbonyl (C=O) groups excluding carboxylic acids is 4. The molecule has 1 aliphatic rings. The molecule has 1 heterocycles. The van der Waals surface area contributed by atoms with Crippen LogP contribution in [0.3, 0.4) is 0 Å². The highest BCUT2D eigenvalue weighted by atomic mass is 32.2. The van der Waals surface area contributed by atoms with Crippen LogP contribution in [-0.2, 0) is 14.3 Å². The van der Waals surface area contributed by atoms with Crippen molar-refractivity contribution >= 4 is 41.1 Å². The van der Waals surface area contributed by atoms with Crippen molar-refractivity contribution in [2.45, 2.75) is 11.3 Å². The molecule has 0 spiro atoms. The minimum atomic E-state index is -0.770. The summed E-state index contributed by atoms with van der Waals surface area (Å²) in [7, 11) is 1.41. The van der Waals surface area contributed by atoms with E-state index in [1.807, 2.05) is 0 Å². The maximum absolute atomic E-state index is 12.2. The lowest BCUT2D eigenvalue weighted by molar-refractivity contribution is -0.123.